The first-order chi connectivity index (χ1) is 13.0. The topological polar surface area (TPSA) is 84.5 Å². The molecule has 2 rings (SSSR count). The van der Waals surface area contributed by atoms with Gasteiger partial charge in [-0.2, -0.15) is 0 Å². The number of carbonyl (C=O) groups is 3. The zero-order valence-electron chi connectivity index (χ0n) is 14.6. The van der Waals surface area contributed by atoms with Crippen LogP contribution in [0.2, 0.25) is 5.02 Å². The Hall–Kier alpha value is -3.12. The largest absolute Gasteiger partial charge is 0.444 e. The van der Waals surface area contributed by atoms with Gasteiger partial charge in [0.1, 0.15) is 0 Å². The molecule has 0 aromatic heterocycles. The summed E-state index contributed by atoms with van der Waals surface area (Å²) in [4.78, 5) is 36.2. The number of ether oxygens (including phenoxy) is 1. The lowest BCUT2D eigenvalue weighted by Crippen LogP contribution is -2.42. The molecule has 0 radical (unpaired) electrons. The van der Waals surface area contributed by atoms with Gasteiger partial charge < -0.3 is 10.1 Å². The van der Waals surface area contributed by atoms with Crippen LogP contribution >= 0.6 is 11.6 Å². The first-order valence-electron chi connectivity index (χ1n) is 8.27. The number of urea groups is 1. The van der Waals surface area contributed by atoms with Crippen LogP contribution in [0, 0.1) is 0 Å². The number of rotatable bonds is 6. The van der Waals surface area contributed by atoms with Crippen molar-refractivity contribution in [2.24, 2.45) is 0 Å². The smallest absolute Gasteiger partial charge is 0.331 e. The molecule has 0 fully saturated rings. The number of carbonyl (C=O) groups excluding carboxylic acids is 3. The van der Waals surface area contributed by atoms with Crippen molar-refractivity contribution in [3.63, 3.8) is 0 Å². The number of imide groups is 1. The maximum absolute atomic E-state index is 12.4. The maximum atomic E-state index is 12.4. The minimum atomic E-state index is -1.25. The van der Waals surface area contributed by atoms with Gasteiger partial charge in [0.15, 0.2) is 0 Å². The van der Waals surface area contributed by atoms with Crippen molar-refractivity contribution in [1.29, 1.82) is 0 Å². The van der Waals surface area contributed by atoms with Gasteiger partial charge in [0.2, 0.25) is 6.10 Å². The highest BCUT2D eigenvalue weighted by Crippen LogP contribution is 2.18. The summed E-state index contributed by atoms with van der Waals surface area (Å²) in [6.07, 6.45) is 1.50. The van der Waals surface area contributed by atoms with Crippen molar-refractivity contribution in [3.8, 4) is 0 Å². The Bertz CT molecular complexity index is 820. The normalized spacial score (nSPS) is 11.6. The maximum Gasteiger partial charge on any atom is 0.331 e. The Morgan fingerprint density at radius 3 is 2.37 bits per heavy atom. The number of esters is 1. The predicted molar refractivity (Wildman–Crippen MR) is 103 cm³/mol. The Balaban J connectivity index is 2.11. The molecule has 6 nitrogen and oxygen atoms in total. The van der Waals surface area contributed by atoms with Crippen LogP contribution in [0.25, 0.3) is 6.08 Å². The van der Waals surface area contributed by atoms with Crippen LogP contribution < -0.4 is 10.6 Å². The minimum absolute atomic E-state index is 0.360. The third kappa shape index (κ3) is 6.60. The van der Waals surface area contributed by atoms with Crippen molar-refractivity contribution < 1.29 is 19.1 Å². The summed E-state index contributed by atoms with van der Waals surface area (Å²) in [6.45, 7) is 2.08. The average molecular weight is 387 g/mol. The van der Waals surface area contributed by atoms with Crippen molar-refractivity contribution in [3.05, 3.63) is 76.8 Å². The van der Waals surface area contributed by atoms with Crippen LogP contribution in [0.15, 0.2) is 60.7 Å². The van der Waals surface area contributed by atoms with Gasteiger partial charge in [-0.05, 0) is 30.7 Å². The fourth-order valence-corrected chi connectivity index (χ4v) is 2.30. The van der Waals surface area contributed by atoms with E-state index < -0.39 is 24.0 Å². The van der Waals surface area contributed by atoms with E-state index in [1.165, 1.54) is 6.08 Å². The Morgan fingerprint density at radius 1 is 1.07 bits per heavy atom. The molecule has 0 unspecified atom stereocenters. The molecule has 1 atom stereocenters. The second kappa shape index (κ2) is 10.1. The van der Waals surface area contributed by atoms with Crippen LogP contribution in [0.5, 0.6) is 0 Å². The fraction of sp³-hybridized carbons (Fsp3) is 0.150. The molecule has 0 spiro atoms. The van der Waals surface area contributed by atoms with E-state index in [4.69, 9.17) is 16.3 Å². The predicted octanol–water partition coefficient (Wildman–Crippen LogP) is 3.48. The number of nitrogens with one attached hydrogen (secondary N) is 2. The monoisotopic (exact) mass is 386 g/mol. The van der Waals surface area contributed by atoms with E-state index in [1.54, 1.807) is 67.6 Å². The van der Waals surface area contributed by atoms with Crippen molar-refractivity contribution >= 4 is 35.6 Å². The van der Waals surface area contributed by atoms with E-state index in [2.05, 4.69) is 10.6 Å². The van der Waals surface area contributed by atoms with Gasteiger partial charge in [-0.15, -0.1) is 0 Å². The van der Waals surface area contributed by atoms with Gasteiger partial charge in [0.25, 0.3) is 5.91 Å². The van der Waals surface area contributed by atoms with Gasteiger partial charge in [0, 0.05) is 23.2 Å². The number of benzene rings is 2. The zero-order chi connectivity index (χ0) is 19.6. The van der Waals surface area contributed by atoms with E-state index >= 15 is 0 Å². The Morgan fingerprint density at radius 2 is 1.74 bits per heavy atom. The second-order valence-electron chi connectivity index (χ2n) is 5.46. The van der Waals surface area contributed by atoms with Crippen LogP contribution in [-0.2, 0) is 14.3 Å². The third-order valence-corrected chi connectivity index (χ3v) is 3.68. The fourth-order valence-electron chi connectivity index (χ4n) is 2.18. The molecule has 2 N–H and O–H groups in total. The summed E-state index contributed by atoms with van der Waals surface area (Å²) < 4.78 is 5.28. The summed E-state index contributed by atoms with van der Waals surface area (Å²) in [5.74, 6) is -1.45. The highest BCUT2D eigenvalue weighted by molar-refractivity contribution is 6.30. The summed E-state index contributed by atoms with van der Waals surface area (Å²) >= 11 is 5.82. The molecule has 0 heterocycles. The number of hydrogen-bond acceptors (Lipinski definition) is 4. The van der Waals surface area contributed by atoms with Crippen molar-refractivity contribution in [1.82, 2.24) is 10.6 Å². The molecule has 3 amide bonds. The Labute approximate surface area is 162 Å². The molecule has 7 heteroatoms. The lowest BCUT2D eigenvalue weighted by Gasteiger charge is -2.16. The molecular formula is C20H19ClN2O4. The highest BCUT2D eigenvalue weighted by Gasteiger charge is 2.25. The standard InChI is InChI=1S/C20H19ClN2O4/c1-2-22-20(26)23-19(25)18(15-6-4-3-5-7-15)27-17(24)13-10-14-8-11-16(21)12-9-14/h3-13,18H,2H2,1H3,(H2,22,23,25,26)/b13-10+/t18-/m1/s1. The molecular weight excluding hydrogens is 368 g/mol. The summed E-state index contributed by atoms with van der Waals surface area (Å²) in [6, 6.07) is 14.7. The van der Waals surface area contributed by atoms with E-state index in [0.717, 1.165) is 5.56 Å². The van der Waals surface area contributed by atoms with E-state index in [1.807, 2.05) is 0 Å². The van der Waals surface area contributed by atoms with E-state index in [-0.39, 0.29) is 0 Å². The second-order valence-corrected chi connectivity index (χ2v) is 5.90. The molecule has 2 aromatic carbocycles. The number of hydrogen-bond donors (Lipinski definition) is 2. The molecule has 0 saturated carbocycles. The lowest BCUT2D eigenvalue weighted by atomic mass is 10.1. The first-order valence-corrected chi connectivity index (χ1v) is 8.65. The van der Waals surface area contributed by atoms with Gasteiger partial charge >= 0.3 is 12.0 Å². The molecule has 0 aliphatic rings. The molecule has 0 aliphatic carbocycles. The first kappa shape index (κ1) is 20.2. The lowest BCUT2D eigenvalue weighted by molar-refractivity contribution is -0.151. The summed E-state index contributed by atoms with van der Waals surface area (Å²) in [5.41, 5.74) is 1.20. The molecule has 0 saturated heterocycles. The van der Waals surface area contributed by atoms with Crippen molar-refractivity contribution in [2.45, 2.75) is 13.0 Å². The zero-order valence-corrected chi connectivity index (χ0v) is 15.4. The molecule has 2 aromatic rings. The number of halogens is 1. The minimum Gasteiger partial charge on any atom is -0.444 e. The van der Waals surface area contributed by atoms with Gasteiger partial charge in [0.05, 0.1) is 0 Å². The van der Waals surface area contributed by atoms with Crippen LogP contribution in [0.4, 0.5) is 4.79 Å². The van der Waals surface area contributed by atoms with E-state index in [9.17, 15) is 14.4 Å². The summed E-state index contributed by atoms with van der Waals surface area (Å²) in [7, 11) is 0. The third-order valence-electron chi connectivity index (χ3n) is 3.43. The number of amides is 3. The quantitative estimate of drug-likeness (QED) is 0.588. The van der Waals surface area contributed by atoms with Gasteiger partial charge in [-0.1, -0.05) is 54.1 Å². The summed E-state index contributed by atoms with van der Waals surface area (Å²) in [5, 5.41) is 5.20. The Kier molecular flexibility index (Phi) is 7.58. The van der Waals surface area contributed by atoms with Gasteiger partial charge in [-0.25, -0.2) is 9.59 Å². The molecule has 140 valence electrons. The van der Waals surface area contributed by atoms with Crippen LogP contribution in [-0.4, -0.2) is 24.5 Å². The van der Waals surface area contributed by atoms with Crippen LogP contribution in [0.1, 0.15) is 24.2 Å². The van der Waals surface area contributed by atoms with Gasteiger partial charge in [-0.3, -0.25) is 10.1 Å². The SMILES string of the molecule is CCNC(=O)NC(=O)[C@H](OC(=O)/C=C/c1ccc(Cl)cc1)c1ccccc1. The molecule has 27 heavy (non-hydrogen) atoms. The average Bonchev–Trinajstić information content (AvgIpc) is 2.66. The van der Waals surface area contributed by atoms with Crippen molar-refractivity contribution in [2.75, 3.05) is 6.54 Å². The van der Waals surface area contributed by atoms with Crippen LogP contribution in [0.3, 0.4) is 0 Å². The molecule has 0 bridgehead atoms. The van der Waals surface area contributed by atoms with E-state index in [0.29, 0.717) is 17.1 Å². The molecule has 0 aliphatic heterocycles. The highest BCUT2D eigenvalue weighted by atomic mass is 35.5.